The average molecular weight is 393 g/mol. The first kappa shape index (κ1) is 18.1. The number of carbonyl (C=O) groups excluding carboxylic acids is 2. The second kappa shape index (κ2) is 8.06. The van der Waals surface area contributed by atoms with Crippen LogP contribution in [0.2, 0.25) is 0 Å². The van der Waals surface area contributed by atoms with Gasteiger partial charge in [-0.05, 0) is 42.8 Å². The molecule has 4 nitrogen and oxygen atoms in total. The normalized spacial score (nSPS) is 11.7. The van der Waals surface area contributed by atoms with Gasteiger partial charge in [0.05, 0.1) is 6.04 Å². The number of halogens is 2. The molecule has 1 unspecified atom stereocenters. The number of rotatable bonds is 5. The van der Waals surface area contributed by atoms with Crippen molar-refractivity contribution in [3.63, 3.8) is 0 Å². The van der Waals surface area contributed by atoms with Gasteiger partial charge in [0.25, 0.3) is 5.91 Å². The third-order valence-corrected chi connectivity index (χ3v) is 3.95. The van der Waals surface area contributed by atoms with E-state index in [0.717, 1.165) is 5.56 Å². The van der Waals surface area contributed by atoms with E-state index in [-0.39, 0.29) is 23.4 Å². The van der Waals surface area contributed by atoms with Crippen molar-refractivity contribution in [3.8, 4) is 0 Å². The number of nitrogens with one attached hydrogen (secondary N) is 2. The average Bonchev–Trinajstić information content (AvgIpc) is 2.54. The van der Waals surface area contributed by atoms with Crippen LogP contribution in [0.4, 0.5) is 10.1 Å². The SMILES string of the molecule is CCC(=O)Nc1ccc(C(C)NC(=O)c2cc(F)cc(Br)c2)cc1. The van der Waals surface area contributed by atoms with E-state index in [0.29, 0.717) is 16.6 Å². The monoisotopic (exact) mass is 392 g/mol. The van der Waals surface area contributed by atoms with Gasteiger partial charge < -0.3 is 10.6 Å². The first-order valence-corrected chi connectivity index (χ1v) is 8.35. The van der Waals surface area contributed by atoms with E-state index in [9.17, 15) is 14.0 Å². The summed E-state index contributed by atoms with van der Waals surface area (Å²) < 4.78 is 13.9. The second-order valence-corrected chi connectivity index (χ2v) is 6.29. The quantitative estimate of drug-likeness (QED) is 0.790. The molecule has 2 aromatic carbocycles. The van der Waals surface area contributed by atoms with E-state index in [2.05, 4.69) is 26.6 Å². The van der Waals surface area contributed by atoms with Crippen LogP contribution in [0.15, 0.2) is 46.9 Å². The van der Waals surface area contributed by atoms with Crippen LogP contribution in [0.5, 0.6) is 0 Å². The summed E-state index contributed by atoms with van der Waals surface area (Å²) in [4.78, 5) is 23.6. The second-order valence-electron chi connectivity index (χ2n) is 5.38. The molecule has 24 heavy (non-hydrogen) atoms. The summed E-state index contributed by atoms with van der Waals surface area (Å²) >= 11 is 3.17. The van der Waals surface area contributed by atoms with Crippen LogP contribution < -0.4 is 10.6 Å². The van der Waals surface area contributed by atoms with E-state index in [1.165, 1.54) is 12.1 Å². The third kappa shape index (κ3) is 4.89. The Hall–Kier alpha value is -2.21. The van der Waals surface area contributed by atoms with E-state index >= 15 is 0 Å². The largest absolute Gasteiger partial charge is 0.346 e. The molecule has 0 aliphatic rings. The Kier molecular flexibility index (Phi) is 6.09. The molecule has 0 aliphatic heterocycles. The first-order valence-electron chi connectivity index (χ1n) is 7.55. The molecule has 1 atom stereocenters. The third-order valence-electron chi connectivity index (χ3n) is 3.49. The number of benzene rings is 2. The summed E-state index contributed by atoms with van der Waals surface area (Å²) in [5.74, 6) is -0.884. The summed E-state index contributed by atoms with van der Waals surface area (Å²) in [7, 11) is 0. The fraction of sp³-hybridized carbons (Fsp3) is 0.222. The molecule has 6 heteroatoms. The molecule has 2 N–H and O–H groups in total. The van der Waals surface area contributed by atoms with Gasteiger partial charge >= 0.3 is 0 Å². The highest BCUT2D eigenvalue weighted by Gasteiger charge is 2.13. The lowest BCUT2D eigenvalue weighted by Gasteiger charge is -2.15. The summed E-state index contributed by atoms with van der Waals surface area (Å²) in [5.41, 5.74) is 1.84. The molecule has 2 amide bonds. The lowest BCUT2D eigenvalue weighted by atomic mass is 10.1. The molecule has 0 saturated heterocycles. The van der Waals surface area contributed by atoms with Crippen molar-refractivity contribution in [1.82, 2.24) is 5.32 Å². The highest BCUT2D eigenvalue weighted by molar-refractivity contribution is 9.10. The Labute approximate surface area is 148 Å². The number of hydrogen-bond donors (Lipinski definition) is 2. The molecule has 0 aromatic heterocycles. The minimum absolute atomic E-state index is 0.0548. The van der Waals surface area contributed by atoms with Crippen LogP contribution in [0.1, 0.15) is 42.2 Å². The van der Waals surface area contributed by atoms with Crippen LogP contribution in [-0.2, 0) is 4.79 Å². The number of carbonyl (C=O) groups is 2. The molecule has 0 bridgehead atoms. The molecule has 2 aromatic rings. The highest BCUT2D eigenvalue weighted by Crippen LogP contribution is 2.19. The Balaban J connectivity index is 2.04. The molecule has 0 saturated carbocycles. The molecule has 0 fully saturated rings. The van der Waals surface area contributed by atoms with Gasteiger partial charge in [0.2, 0.25) is 5.91 Å². The van der Waals surface area contributed by atoms with Crippen molar-refractivity contribution in [2.75, 3.05) is 5.32 Å². The topological polar surface area (TPSA) is 58.2 Å². The fourth-order valence-electron chi connectivity index (χ4n) is 2.15. The maximum atomic E-state index is 13.4. The van der Waals surface area contributed by atoms with Gasteiger partial charge in [0.15, 0.2) is 0 Å². The number of anilines is 1. The van der Waals surface area contributed by atoms with E-state index in [1.54, 1.807) is 25.1 Å². The lowest BCUT2D eigenvalue weighted by Crippen LogP contribution is -2.26. The van der Waals surface area contributed by atoms with Crippen molar-refractivity contribution >= 4 is 33.4 Å². The van der Waals surface area contributed by atoms with Gasteiger partial charge in [0.1, 0.15) is 5.82 Å². The summed E-state index contributed by atoms with van der Waals surface area (Å²) in [6, 6.07) is 11.0. The molecule has 126 valence electrons. The zero-order valence-electron chi connectivity index (χ0n) is 13.4. The smallest absolute Gasteiger partial charge is 0.251 e. The van der Waals surface area contributed by atoms with Crippen LogP contribution in [0, 0.1) is 5.82 Å². The minimum atomic E-state index is -0.474. The zero-order valence-corrected chi connectivity index (χ0v) is 15.0. The number of hydrogen-bond acceptors (Lipinski definition) is 2. The zero-order chi connectivity index (χ0) is 17.7. The van der Waals surface area contributed by atoms with Crippen LogP contribution in [0.25, 0.3) is 0 Å². The van der Waals surface area contributed by atoms with Crippen molar-refractivity contribution in [2.45, 2.75) is 26.3 Å². The Morgan fingerprint density at radius 2 is 1.83 bits per heavy atom. The lowest BCUT2D eigenvalue weighted by molar-refractivity contribution is -0.115. The molecular formula is C18H18BrFN2O2. The van der Waals surface area contributed by atoms with E-state index in [4.69, 9.17) is 0 Å². The standard InChI is InChI=1S/C18H18BrFN2O2/c1-3-17(23)22-16-6-4-12(5-7-16)11(2)21-18(24)13-8-14(19)10-15(20)9-13/h4-11H,3H2,1-2H3,(H,21,24)(H,22,23). The Morgan fingerprint density at radius 3 is 2.42 bits per heavy atom. The van der Waals surface area contributed by atoms with Crippen molar-refractivity contribution in [1.29, 1.82) is 0 Å². The van der Waals surface area contributed by atoms with Gasteiger partial charge in [-0.25, -0.2) is 4.39 Å². The van der Waals surface area contributed by atoms with Gasteiger partial charge in [-0.2, -0.15) is 0 Å². The molecule has 0 spiro atoms. The summed E-state index contributed by atoms with van der Waals surface area (Å²) in [6.07, 6.45) is 0.414. The van der Waals surface area contributed by atoms with Gasteiger partial charge in [0, 0.05) is 22.1 Å². The van der Waals surface area contributed by atoms with Crippen molar-refractivity contribution in [3.05, 3.63) is 63.9 Å². The predicted octanol–water partition coefficient (Wildman–Crippen LogP) is 4.43. The summed E-state index contributed by atoms with van der Waals surface area (Å²) in [5, 5.41) is 5.59. The number of amides is 2. The molecule has 0 radical (unpaired) electrons. The molecule has 0 heterocycles. The molecule has 0 aliphatic carbocycles. The summed E-state index contributed by atoms with van der Waals surface area (Å²) in [6.45, 7) is 3.62. The Bertz CT molecular complexity index is 727. The van der Waals surface area contributed by atoms with Crippen LogP contribution >= 0.6 is 15.9 Å². The van der Waals surface area contributed by atoms with E-state index < -0.39 is 5.82 Å². The fourth-order valence-corrected chi connectivity index (χ4v) is 2.62. The van der Waals surface area contributed by atoms with Gasteiger partial charge in [-0.15, -0.1) is 0 Å². The van der Waals surface area contributed by atoms with Gasteiger partial charge in [-0.1, -0.05) is 35.0 Å². The Morgan fingerprint density at radius 1 is 1.17 bits per heavy atom. The van der Waals surface area contributed by atoms with Crippen LogP contribution in [-0.4, -0.2) is 11.8 Å². The van der Waals surface area contributed by atoms with Gasteiger partial charge in [-0.3, -0.25) is 9.59 Å². The van der Waals surface area contributed by atoms with Crippen molar-refractivity contribution < 1.29 is 14.0 Å². The van der Waals surface area contributed by atoms with Crippen molar-refractivity contribution in [2.24, 2.45) is 0 Å². The molecule has 2 rings (SSSR count). The maximum absolute atomic E-state index is 13.4. The molecular weight excluding hydrogens is 375 g/mol. The van der Waals surface area contributed by atoms with E-state index in [1.807, 2.05) is 19.1 Å². The van der Waals surface area contributed by atoms with Crippen LogP contribution in [0.3, 0.4) is 0 Å². The predicted molar refractivity (Wildman–Crippen MR) is 95.3 cm³/mol. The first-order chi connectivity index (χ1) is 11.4. The highest BCUT2D eigenvalue weighted by atomic mass is 79.9. The maximum Gasteiger partial charge on any atom is 0.251 e. The minimum Gasteiger partial charge on any atom is -0.346 e.